The summed E-state index contributed by atoms with van der Waals surface area (Å²) in [6.07, 6.45) is 1.98. The average molecular weight is 457 g/mol. The first-order chi connectivity index (χ1) is 15.5. The summed E-state index contributed by atoms with van der Waals surface area (Å²) in [6, 6.07) is 12.0. The topological polar surface area (TPSA) is 78.3 Å². The lowest BCUT2D eigenvalue weighted by molar-refractivity contribution is -0.119. The summed E-state index contributed by atoms with van der Waals surface area (Å²) in [5.74, 6) is 1.55. The van der Waals surface area contributed by atoms with Crippen molar-refractivity contribution in [2.75, 3.05) is 20.0 Å². The van der Waals surface area contributed by atoms with Gasteiger partial charge in [-0.2, -0.15) is 0 Å². The lowest BCUT2D eigenvalue weighted by Gasteiger charge is -2.18. The Morgan fingerprint density at radius 3 is 2.69 bits per heavy atom. The summed E-state index contributed by atoms with van der Waals surface area (Å²) in [5.41, 5.74) is 1.25. The van der Waals surface area contributed by atoms with Crippen LogP contribution in [0.15, 0.2) is 47.6 Å². The van der Waals surface area contributed by atoms with E-state index in [1.807, 2.05) is 29.7 Å². The van der Waals surface area contributed by atoms with Gasteiger partial charge >= 0.3 is 0 Å². The molecule has 32 heavy (non-hydrogen) atoms. The van der Waals surface area contributed by atoms with Gasteiger partial charge < -0.3 is 14.8 Å². The molecule has 0 saturated heterocycles. The van der Waals surface area contributed by atoms with Gasteiger partial charge in [-0.25, -0.2) is 4.39 Å². The lowest BCUT2D eigenvalue weighted by atomic mass is 10.1. The van der Waals surface area contributed by atoms with Gasteiger partial charge in [-0.15, -0.1) is 10.2 Å². The highest BCUT2D eigenvalue weighted by Crippen LogP contribution is 2.41. The van der Waals surface area contributed by atoms with Gasteiger partial charge in [-0.1, -0.05) is 23.9 Å². The second kappa shape index (κ2) is 9.60. The fourth-order valence-corrected chi connectivity index (χ4v) is 4.35. The van der Waals surface area contributed by atoms with Crippen molar-refractivity contribution in [1.82, 2.24) is 20.1 Å². The first-order valence-corrected chi connectivity index (χ1v) is 11.3. The number of hydrogen-bond acceptors (Lipinski definition) is 6. The van der Waals surface area contributed by atoms with Crippen molar-refractivity contribution >= 4 is 17.7 Å². The molecule has 0 bridgehead atoms. The Morgan fingerprint density at radius 2 is 2.00 bits per heavy atom. The van der Waals surface area contributed by atoms with Gasteiger partial charge in [-0.05, 0) is 50.1 Å². The summed E-state index contributed by atoms with van der Waals surface area (Å²) in [6.45, 7) is 1.89. The summed E-state index contributed by atoms with van der Waals surface area (Å²) in [5, 5.41) is 12.1. The molecule has 168 valence electrons. The molecule has 3 aromatic rings. The number of halogens is 1. The zero-order valence-corrected chi connectivity index (χ0v) is 19.0. The summed E-state index contributed by atoms with van der Waals surface area (Å²) in [4.78, 5) is 12.7. The fourth-order valence-electron chi connectivity index (χ4n) is 3.53. The Morgan fingerprint density at radius 1 is 1.22 bits per heavy atom. The highest BCUT2D eigenvalue weighted by Gasteiger charge is 2.31. The van der Waals surface area contributed by atoms with Gasteiger partial charge in [0.1, 0.15) is 17.3 Å². The van der Waals surface area contributed by atoms with Gasteiger partial charge in [0.05, 0.1) is 31.6 Å². The minimum absolute atomic E-state index is 0.148. The number of carbonyl (C=O) groups excluding carboxylic acids is 1. The van der Waals surface area contributed by atoms with Gasteiger partial charge in [-0.3, -0.25) is 9.36 Å². The van der Waals surface area contributed by atoms with Crippen LogP contribution in [-0.2, 0) is 4.79 Å². The highest BCUT2D eigenvalue weighted by molar-refractivity contribution is 7.99. The maximum Gasteiger partial charge on any atom is 0.230 e. The molecule has 9 heteroatoms. The van der Waals surface area contributed by atoms with Crippen LogP contribution in [0.3, 0.4) is 0 Å². The van der Waals surface area contributed by atoms with Crippen molar-refractivity contribution in [2.45, 2.75) is 37.0 Å². The molecule has 1 aliphatic carbocycles. The van der Waals surface area contributed by atoms with Gasteiger partial charge in [0, 0.05) is 11.6 Å². The fraction of sp³-hybridized carbons (Fsp3) is 0.348. The van der Waals surface area contributed by atoms with E-state index in [0.717, 1.165) is 18.4 Å². The third kappa shape index (κ3) is 4.72. The third-order valence-electron chi connectivity index (χ3n) is 5.30. The Bertz CT molecular complexity index is 1120. The van der Waals surface area contributed by atoms with E-state index in [4.69, 9.17) is 9.47 Å². The highest BCUT2D eigenvalue weighted by atomic mass is 32.2. The zero-order chi connectivity index (χ0) is 22.7. The summed E-state index contributed by atoms with van der Waals surface area (Å²) < 4.78 is 27.0. The Balaban J connectivity index is 1.46. The predicted octanol–water partition coefficient (Wildman–Crippen LogP) is 4.41. The van der Waals surface area contributed by atoms with Crippen LogP contribution in [0.4, 0.5) is 4.39 Å². The first kappa shape index (κ1) is 22.1. The molecular weight excluding hydrogens is 431 g/mol. The van der Waals surface area contributed by atoms with Gasteiger partial charge in [0.25, 0.3) is 0 Å². The van der Waals surface area contributed by atoms with Crippen LogP contribution in [0.1, 0.15) is 37.4 Å². The van der Waals surface area contributed by atoms with Crippen LogP contribution in [-0.4, -0.2) is 40.6 Å². The number of aromatic nitrogens is 3. The van der Waals surface area contributed by atoms with Crippen LogP contribution >= 0.6 is 11.8 Å². The van der Waals surface area contributed by atoms with Crippen LogP contribution in [0.25, 0.3) is 11.4 Å². The minimum atomic E-state index is -0.336. The normalized spacial score (nSPS) is 14.1. The number of thioether (sulfide) groups is 1. The Labute approximate surface area is 190 Å². The largest absolute Gasteiger partial charge is 0.497 e. The van der Waals surface area contributed by atoms with Crippen LogP contribution in [0, 0.1) is 5.82 Å². The van der Waals surface area contributed by atoms with E-state index in [1.165, 1.54) is 17.8 Å². The maximum atomic E-state index is 14.3. The molecule has 1 N–H and O–H groups in total. The maximum absolute atomic E-state index is 14.3. The van der Waals surface area contributed by atoms with Crippen LogP contribution in [0.2, 0.25) is 0 Å². The molecule has 4 rings (SSSR count). The van der Waals surface area contributed by atoms with Crippen molar-refractivity contribution in [3.63, 3.8) is 0 Å². The standard InChI is InChI=1S/C23H25FN4O3S/c1-14(18-12-16(30-2)10-11-20(18)31-3)25-21(29)13-32-23-27-26-22(28(23)15-8-9-15)17-6-4-5-7-19(17)24/h4-7,10-12,14-15H,8-9,13H2,1-3H3,(H,25,29)/t14-/m1/s1. The SMILES string of the molecule is COc1ccc(OC)c([C@@H](C)NC(=O)CSc2nnc(-c3ccccc3F)n2C2CC2)c1. The molecule has 0 aliphatic heterocycles. The number of methoxy groups -OCH3 is 2. The Kier molecular flexibility index (Phi) is 6.64. The summed E-state index contributed by atoms with van der Waals surface area (Å²) in [7, 11) is 3.19. The van der Waals surface area contributed by atoms with Crippen LogP contribution < -0.4 is 14.8 Å². The van der Waals surface area contributed by atoms with E-state index in [-0.39, 0.29) is 29.6 Å². The van der Waals surface area contributed by atoms with E-state index in [1.54, 1.807) is 32.4 Å². The van der Waals surface area contributed by atoms with Crippen molar-refractivity contribution in [2.24, 2.45) is 0 Å². The smallest absolute Gasteiger partial charge is 0.230 e. The molecule has 0 spiro atoms. The first-order valence-electron chi connectivity index (χ1n) is 10.4. The number of amides is 1. The molecule has 2 aromatic carbocycles. The zero-order valence-electron chi connectivity index (χ0n) is 18.2. The molecule has 1 aromatic heterocycles. The van der Waals surface area contributed by atoms with E-state index >= 15 is 0 Å². The number of hydrogen-bond donors (Lipinski definition) is 1. The van der Waals surface area contributed by atoms with Crippen LogP contribution in [0.5, 0.6) is 11.5 Å². The van der Waals surface area contributed by atoms with E-state index in [2.05, 4.69) is 15.5 Å². The van der Waals surface area contributed by atoms with Crippen molar-refractivity contribution in [3.8, 4) is 22.9 Å². The second-order valence-electron chi connectivity index (χ2n) is 7.57. The van der Waals surface area contributed by atoms with E-state index in [9.17, 15) is 9.18 Å². The molecule has 1 saturated carbocycles. The second-order valence-corrected chi connectivity index (χ2v) is 8.52. The van der Waals surface area contributed by atoms with E-state index < -0.39 is 0 Å². The molecular formula is C23H25FN4O3S. The van der Waals surface area contributed by atoms with Crippen molar-refractivity contribution in [3.05, 3.63) is 53.8 Å². The molecule has 7 nitrogen and oxygen atoms in total. The van der Waals surface area contributed by atoms with Crippen molar-refractivity contribution in [1.29, 1.82) is 0 Å². The van der Waals surface area contributed by atoms with Gasteiger partial charge in [0.15, 0.2) is 11.0 Å². The van der Waals surface area contributed by atoms with E-state index in [0.29, 0.717) is 28.0 Å². The lowest BCUT2D eigenvalue weighted by Crippen LogP contribution is -2.28. The quantitative estimate of drug-likeness (QED) is 0.481. The third-order valence-corrected chi connectivity index (χ3v) is 6.25. The monoisotopic (exact) mass is 456 g/mol. The average Bonchev–Trinajstić information content (AvgIpc) is 3.56. The van der Waals surface area contributed by atoms with Gasteiger partial charge in [0.2, 0.25) is 5.91 Å². The minimum Gasteiger partial charge on any atom is -0.497 e. The molecule has 0 radical (unpaired) electrons. The Hall–Kier alpha value is -3.07. The predicted molar refractivity (Wildman–Crippen MR) is 121 cm³/mol. The number of carbonyl (C=O) groups is 1. The van der Waals surface area contributed by atoms with Crippen molar-refractivity contribution < 1.29 is 18.7 Å². The molecule has 1 heterocycles. The number of rotatable bonds is 9. The number of ether oxygens (including phenoxy) is 2. The number of nitrogens with one attached hydrogen (secondary N) is 1. The molecule has 1 atom stereocenters. The molecule has 1 amide bonds. The summed E-state index contributed by atoms with van der Waals surface area (Å²) >= 11 is 1.30. The molecule has 1 fully saturated rings. The number of nitrogens with zero attached hydrogens (tertiary/aromatic N) is 3. The molecule has 0 unspecified atom stereocenters. The number of benzene rings is 2. The molecule has 1 aliphatic rings.